The first-order valence-electron chi connectivity index (χ1n) is 6.22. The number of aryl methyl sites for hydroxylation is 2. The first-order chi connectivity index (χ1) is 8.72. The van der Waals surface area contributed by atoms with Gasteiger partial charge in [0.05, 0.1) is 5.52 Å². The Hall–Kier alpha value is -2.09. The molecule has 0 aliphatic heterocycles. The molecule has 0 aliphatic carbocycles. The molecule has 3 aromatic rings. The molecule has 1 aromatic heterocycles. The van der Waals surface area contributed by atoms with Crippen LogP contribution in [0, 0.1) is 0 Å². The summed E-state index contributed by atoms with van der Waals surface area (Å²) in [6.45, 7) is 2.10. The fraction of sp³-hybridized carbons (Fsp3) is 0.188. The Bertz CT molecular complexity index is 799. The monoisotopic (exact) mass is 237 g/mol. The van der Waals surface area contributed by atoms with Gasteiger partial charge in [0.15, 0.2) is 0 Å². The highest BCUT2D eigenvalue weighted by Crippen LogP contribution is 2.23. The highest BCUT2D eigenvalue weighted by molar-refractivity contribution is 6.05. The lowest BCUT2D eigenvalue weighted by Crippen LogP contribution is -2.17. The standard InChI is InChI=1S/C16H15NO/c1-3-11-8-9-12-13-6-4-5-7-15(13)17(2)16(18)14(12)10-11/h4-10H,3H2,1-2H3. The van der Waals surface area contributed by atoms with E-state index in [1.165, 1.54) is 5.56 Å². The minimum Gasteiger partial charge on any atom is -0.311 e. The number of benzene rings is 2. The van der Waals surface area contributed by atoms with Crippen molar-refractivity contribution in [2.45, 2.75) is 13.3 Å². The summed E-state index contributed by atoms with van der Waals surface area (Å²) in [5, 5.41) is 3.00. The van der Waals surface area contributed by atoms with Gasteiger partial charge < -0.3 is 4.57 Å². The zero-order chi connectivity index (χ0) is 12.7. The molecular formula is C16H15NO. The molecule has 0 fully saturated rings. The van der Waals surface area contributed by atoms with Crippen LogP contribution in [-0.4, -0.2) is 4.57 Å². The third-order valence-electron chi connectivity index (χ3n) is 3.58. The minimum absolute atomic E-state index is 0.0824. The van der Waals surface area contributed by atoms with Crippen molar-refractivity contribution in [2.75, 3.05) is 0 Å². The molecule has 0 unspecified atom stereocenters. The zero-order valence-corrected chi connectivity index (χ0v) is 10.6. The van der Waals surface area contributed by atoms with E-state index in [1.54, 1.807) is 4.57 Å². The Morgan fingerprint density at radius 1 is 1.00 bits per heavy atom. The highest BCUT2D eigenvalue weighted by atomic mass is 16.1. The van der Waals surface area contributed by atoms with Crippen LogP contribution >= 0.6 is 0 Å². The van der Waals surface area contributed by atoms with Crippen LogP contribution in [0.4, 0.5) is 0 Å². The number of rotatable bonds is 1. The van der Waals surface area contributed by atoms with Crippen molar-refractivity contribution >= 4 is 21.7 Å². The maximum Gasteiger partial charge on any atom is 0.258 e. The first-order valence-corrected chi connectivity index (χ1v) is 6.22. The molecule has 0 saturated heterocycles. The Morgan fingerprint density at radius 3 is 2.56 bits per heavy atom. The first kappa shape index (κ1) is 11.0. The molecule has 0 aliphatic rings. The largest absolute Gasteiger partial charge is 0.311 e. The van der Waals surface area contributed by atoms with Gasteiger partial charge in [-0.25, -0.2) is 0 Å². The van der Waals surface area contributed by atoms with Gasteiger partial charge in [0.25, 0.3) is 5.56 Å². The van der Waals surface area contributed by atoms with E-state index in [-0.39, 0.29) is 5.56 Å². The fourth-order valence-electron chi connectivity index (χ4n) is 2.51. The summed E-state index contributed by atoms with van der Waals surface area (Å²) in [5.74, 6) is 0. The maximum absolute atomic E-state index is 12.4. The van der Waals surface area contributed by atoms with Gasteiger partial charge in [-0.1, -0.05) is 37.3 Å². The molecule has 0 saturated carbocycles. The smallest absolute Gasteiger partial charge is 0.258 e. The van der Waals surface area contributed by atoms with Crippen molar-refractivity contribution in [3.8, 4) is 0 Å². The summed E-state index contributed by atoms with van der Waals surface area (Å²) in [4.78, 5) is 12.4. The lowest BCUT2D eigenvalue weighted by molar-refractivity contribution is 0.918. The summed E-state index contributed by atoms with van der Waals surface area (Å²) in [5.41, 5.74) is 2.27. The number of aromatic nitrogens is 1. The van der Waals surface area contributed by atoms with E-state index in [0.717, 1.165) is 28.1 Å². The van der Waals surface area contributed by atoms with Crippen LogP contribution in [0.2, 0.25) is 0 Å². The topological polar surface area (TPSA) is 22.0 Å². The van der Waals surface area contributed by atoms with E-state index in [4.69, 9.17) is 0 Å². The molecule has 2 nitrogen and oxygen atoms in total. The summed E-state index contributed by atoms with van der Waals surface area (Å²) in [7, 11) is 1.84. The maximum atomic E-state index is 12.4. The molecule has 0 N–H and O–H groups in total. The number of hydrogen-bond acceptors (Lipinski definition) is 1. The lowest BCUT2D eigenvalue weighted by Gasteiger charge is -2.09. The summed E-state index contributed by atoms with van der Waals surface area (Å²) < 4.78 is 1.73. The predicted molar refractivity (Wildman–Crippen MR) is 76.1 cm³/mol. The van der Waals surface area contributed by atoms with Gasteiger partial charge in [0.1, 0.15) is 0 Å². The second-order valence-corrected chi connectivity index (χ2v) is 4.61. The Kier molecular flexibility index (Phi) is 2.44. The Labute approximate surface area is 105 Å². The molecule has 18 heavy (non-hydrogen) atoms. The van der Waals surface area contributed by atoms with Crippen LogP contribution in [-0.2, 0) is 13.5 Å². The van der Waals surface area contributed by atoms with Crippen molar-refractivity contribution in [2.24, 2.45) is 7.05 Å². The Balaban J connectivity index is 2.60. The second-order valence-electron chi connectivity index (χ2n) is 4.61. The van der Waals surface area contributed by atoms with Crippen LogP contribution in [0.3, 0.4) is 0 Å². The van der Waals surface area contributed by atoms with Gasteiger partial charge in [-0.15, -0.1) is 0 Å². The summed E-state index contributed by atoms with van der Waals surface area (Å²) in [6.07, 6.45) is 0.950. The number of hydrogen-bond donors (Lipinski definition) is 0. The van der Waals surface area contributed by atoms with Crippen LogP contribution < -0.4 is 5.56 Å². The van der Waals surface area contributed by atoms with Gasteiger partial charge in [0.2, 0.25) is 0 Å². The van der Waals surface area contributed by atoms with Crippen LogP contribution in [0.5, 0.6) is 0 Å². The molecule has 0 bridgehead atoms. The minimum atomic E-state index is 0.0824. The van der Waals surface area contributed by atoms with Gasteiger partial charge >= 0.3 is 0 Å². The third-order valence-corrected chi connectivity index (χ3v) is 3.58. The highest BCUT2D eigenvalue weighted by Gasteiger charge is 2.07. The zero-order valence-electron chi connectivity index (χ0n) is 10.6. The van der Waals surface area contributed by atoms with Gasteiger partial charge in [0, 0.05) is 17.8 Å². The number of fused-ring (bicyclic) bond motifs is 3. The van der Waals surface area contributed by atoms with E-state index >= 15 is 0 Å². The summed E-state index contributed by atoms with van der Waals surface area (Å²) in [6, 6.07) is 14.2. The molecular weight excluding hydrogens is 222 g/mol. The molecule has 3 rings (SSSR count). The lowest BCUT2D eigenvalue weighted by atomic mass is 10.0. The predicted octanol–water partition coefficient (Wildman–Crippen LogP) is 3.25. The molecule has 90 valence electrons. The van der Waals surface area contributed by atoms with E-state index in [0.29, 0.717) is 0 Å². The van der Waals surface area contributed by atoms with Gasteiger partial charge in [-0.3, -0.25) is 4.79 Å². The van der Waals surface area contributed by atoms with Crippen LogP contribution in [0.1, 0.15) is 12.5 Å². The van der Waals surface area contributed by atoms with Gasteiger partial charge in [-0.2, -0.15) is 0 Å². The van der Waals surface area contributed by atoms with Crippen molar-refractivity contribution in [3.63, 3.8) is 0 Å². The van der Waals surface area contributed by atoms with E-state index in [9.17, 15) is 4.79 Å². The van der Waals surface area contributed by atoms with Crippen molar-refractivity contribution < 1.29 is 0 Å². The van der Waals surface area contributed by atoms with E-state index in [1.807, 2.05) is 31.3 Å². The SMILES string of the molecule is CCc1ccc2c(c1)c(=O)n(C)c1ccccc21. The van der Waals surface area contributed by atoms with Crippen molar-refractivity contribution in [1.29, 1.82) is 0 Å². The molecule has 0 radical (unpaired) electrons. The number of para-hydroxylation sites is 1. The van der Waals surface area contributed by atoms with E-state index < -0.39 is 0 Å². The molecule has 2 heteroatoms. The van der Waals surface area contributed by atoms with Crippen molar-refractivity contribution in [1.82, 2.24) is 4.57 Å². The average Bonchev–Trinajstić information content (AvgIpc) is 2.44. The molecule has 0 atom stereocenters. The van der Waals surface area contributed by atoms with E-state index in [2.05, 4.69) is 25.1 Å². The Morgan fingerprint density at radius 2 is 1.78 bits per heavy atom. The average molecular weight is 237 g/mol. The van der Waals surface area contributed by atoms with Crippen LogP contribution in [0.15, 0.2) is 47.3 Å². The normalized spacial score (nSPS) is 11.2. The molecule has 1 heterocycles. The number of nitrogens with zero attached hydrogens (tertiary/aromatic N) is 1. The fourth-order valence-corrected chi connectivity index (χ4v) is 2.51. The number of pyridine rings is 1. The molecule has 0 spiro atoms. The van der Waals surface area contributed by atoms with Crippen LogP contribution in [0.25, 0.3) is 21.7 Å². The summed E-state index contributed by atoms with van der Waals surface area (Å²) >= 11 is 0. The quantitative estimate of drug-likeness (QED) is 0.595. The molecule has 2 aromatic carbocycles. The second kappa shape index (κ2) is 3.98. The van der Waals surface area contributed by atoms with Crippen molar-refractivity contribution in [3.05, 3.63) is 58.4 Å². The van der Waals surface area contributed by atoms with Gasteiger partial charge in [-0.05, 0) is 29.5 Å². The third kappa shape index (κ3) is 1.46. The molecule has 0 amide bonds.